The van der Waals surface area contributed by atoms with Crippen molar-refractivity contribution in [2.24, 2.45) is 0 Å². The van der Waals surface area contributed by atoms with Crippen LogP contribution in [-0.2, 0) is 0 Å². The zero-order valence-electron chi connectivity index (χ0n) is 10.4. The highest BCUT2D eigenvalue weighted by Gasteiger charge is 2.12. The van der Waals surface area contributed by atoms with Gasteiger partial charge < -0.3 is 5.32 Å². The monoisotopic (exact) mass is 310 g/mol. The maximum absolute atomic E-state index is 13.2. The van der Waals surface area contributed by atoms with E-state index in [0.29, 0.717) is 22.3 Å². The van der Waals surface area contributed by atoms with Crippen molar-refractivity contribution in [3.63, 3.8) is 0 Å². The molecule has 0 spiro atoms. The molecule has 2 aromatic heterocycles. The third kappa shape index (κ3) is 2.19. The van der Waals surface area contributed by atoms with Gasteiger partial charge in [0.1, 0.15) is 16.8 Å². The fourth-order valence-electron chi connectivity index (χ4n) is 1.85. The predicted molar refractivity (Wildman–Crippen MR) is 77.4 cm³/mol. The molecule has 20 heavy (non-hydrogen) atoms. The van der Waals surface area contributed by atoms with Gasteiger partial charge in [-0.3, -0.25) is 0 Å². The van der Waals surface area contributed by atoms with Gasteiger partial charge in [0.15, 0.2) is 5.65 Å². The minimum Gasteiger partial charge on any atom is -0.340 e. The lowest BCUT2D eigenvalue weighted by atomic mass is 10.3. The van der Waals surface area contributed by atoms with Crippen molar-refractivity contribution in [1.29, 1.82) is 0 Å². The molecule has 0 radical (unpaired) electrons. The number of hydrogen-bond acceptors (Lipinski definition) is 3. The molecule has 7 heteroatoms. The van der Waals surface area contributed by atoms with Crippen molar-refractivity contribution in [1.82, 2.24) is 14.6 Å². The molecule has 0 aliphatic rings. The van der Waals surface area contributed by atoms with Gasteiger partial charge in [0, 0.05) is 17.3 Å². The fourth-order valence-corrected chi connectivity index (χ4v) is 2.21. The summed E-state index contributed by atoms with van der Waals surface area (Å²) in [5.74, 6) is 0.193. The number of hydrogen-bond donors (Lipinski definition) is 1. The molecule has 0 saturated carbocycles. The molecule has 0 fully saturated rings. The van der Waals surface area contributed by atoms with Crippen LogP contribution < -0.4 is 5.32 Å². The minimum atomic E-state index is -0.467. The van der Waals surface area contributed by atoms with E-state index >= 15 is 0 Å². The van der Waals surface area contributed by atoms with E-state index in [1.165, 1.54) is 12.1 Å². The molecule has 4 nitrogen and oxygen atoms in total. The Labute approximate surface area is 124 Å². The maximum atomic E-state index is 13.2. The lowest BCUT2D eigenvalue weighted by molar-refractivity contribution is 0.628. The first-order valence-electron chi connectivity index (χ1n) is 5.78. The number of nitrogens with one attached hydrogen (secondary N) is 1. The Morgan fingerprint density at radius 3 is 2.80 bits per heavy atom. The van der Waals surface area contributed by atoms with E-state index < -0.39 is 5.82 Å². The van der Waals surface area contributed by atoms with Crippen LogP contribution in [0.1, 0.15) is 5.56 Å². The maximum Gasteiger partial charge on any atom is 0.159 e. The second-order valence-electron chi connectivity index (χ2n) is 4.23. The Morgan fingerprint density at radius 1 is 1.25 bits per heavy atom. The first kappa shape index (κ1) is 13.1. The van der Waals surface area contributed by atoms with Crippen molar-refractivity contribution in [2.75, 3.05) is 5.32 Å². The molecule has 3 aromatic rings. The van der Waals surface area contributed by atoms with Crippen LogP contribution in [-0.4, -0.2) is 14.6 Å². The van der Waals surface area contributed by atoms with Crippen LogP contribution in [0.15, 0.2) is 30.5 Å². The average Bonchev–Trinajstić information content (AvgIpc) is 2.87. The van der Waals surface area contributed by atoms with E-state index in [4.69, 9.17) is 23.2 Å². The summed E-state index contributed by atoms with van der Waals surface area (Å²) in [6.07, 6.45) is 1.63. The van der Waals surface area contributed by atoms with Crippen LogP contribution in [0.25, 0.3) is 5.65 Å². The summed E-state index contributed by atoms with van der Waals surface area (Å²) in [5, 5.41) is 7.75. The van der Waals surface area contributed by atoms with Crippen LogP contribution in [0.3, 0.4) is 0 Å². The molecule has 0 aliphatic carbocycles. The topological polar surface area (TPSA) is 42.2 Å². The van der Waals surface area contributed by atoms with Crippen LogP contribution >= 0.6 is 23.2 Å². The molecule has 3 rings (SSSR count). The Morgan fingerprint density at radius 2 is 2.05 bits per heavy atom. The van der Waals surface area contributed by atoms with Crippen molar-refractivity contribution >= 4 is 40.4 Å². The molecule has 2 heterocycles. The number of fused-ring (bicyclic) bond motifs is 1. The van der Waals surface area contributed by atoms with Gasteiger partial charge in [-0.05, 0) is 25.1 Å². The zero-order chi connectivity index (χ0) is 14.3. The van der Waals surface area contributed by atoms with Crippen molar-refractivity contribution in [2.45, 2.75) is 6.92 Å². The van der Waals surface area contributed by atoms with E-state index in [0.717, 1.165) is 5.56 Å². The summed E-state index contributed by atoms with van der Waals surface area (Å²) in [4.78, 5) is 4.21. The van der Waals surface area contributed by atoms with E-state index in [2.05, 4.69) is 15.4 Å². The Bertz CT molecular complexity index is 800. The smallest absolute Gasteiger partial charge is 0.159 e. The van der Waals surface area contributed by atoms with Gasteiger partial charge in [0.2, 0.25) is 0 Å². The Hall–Kier alpha value is -1.85. The summed E-state index contributed by atoms with van der Waals surface area (Å²) in [5.41, 5.74) is 2.00. The van der Waals surface area contributed by atoms with E-state index in [-0.39, 0.29) is 5.02 Å². The number of anilines is 2. The summed E-state index contributed by atoms with van der Waals surface area (Å²) in [6, 6.07) is 6.13. The SMILES string of the molecule is Cc1c(Cl)nc2ccnn2c1Nc1ccc(F)c(Cl)c1. The number of benzene rings is 1. The number of aromatic nitrogens is 3. The Kier molecular flexibility index (Phi) is 3.23. The van der Waals surface area contributed by atoms with Gasteiger partial charge in [-0.1, -0.05) is 23.2 Å². The number of nitrogens with zero attached hydrogens (tertiary/aromatic N) is 3. The standard InChI is InChI=1S/C13H9Cl2FN4/c1-7-12(15)19-11-4-5-17-20(11)13(7)18-8-2-3-10(16)9(14)6-8/h2-6,18H,1H3. The van der Waals surface area contributed by atoms with Gasteiger partial charge >= 0.3 is 0 Å². The second kappa shape index (κ2) is 4.92. The molecule has 0 amide bonds. The van der Waals surface area contributed by atoms with Gasteiger partial charge in [0.25, 0.3) is 0 Å². The first-order chi connectivity index (χ1) is 9.56. The van der Waals surface area contributed by atoms with Gasteiger partial charge in [0.05, 0.1) is 11.2 Å². The summed E-state index contributed by atoms with van der Waals surface area (Å²) in [6.45, 7) is 1.82. The lowest BCUT2D eigenvalue weighted by Crippen LogP contribution is -2.04. The molecule has 1 N–H and O–H groups in total. The molecular formula is C13H9Cl2FN4. The third-order valence-electron chi connectivity index (χ3n) is 2.89. The molecule has 0 unspecified atom stereocenters. The lowest BCUT2D eigenvalue weighted by Gasteiger charge is -2.12. The quantitative estimate of drug-likeness (QED) is 0.720. The normalized spacial score (nSPS) is 11.0. The second-order valence-corrected chi connectivity index (χ2v) is 5.00. The van der Waals surface area contributed by atoms with Crippen molar-refractivity contribution < 1.29 is 4.39 Å². The van der Waals surface area contributed by atoms with Crippen LogP contribution in [0.4, 0.5) is 15.9 Å². The Balaban J connectivity index is 2.11. The highest BCUT2D eigenvalue weighted by molar-refractivity contribution is 6.31. The van der Waals surface area contributed by atoms with Crippen LogP contribution in [0, 0.1) is 12.7 Å². The van der Waals surface area contributed by atoms with E-state index in [9.17, 15) is 4.39 Å². The van der Waals surface area contributed by atoms with Crippen molar-refractivity contribution in [3.8, 4) is 0 Å². The zero-order valence-corrected chi connectivity index (χ0v) is 11.9. The average molecular weight is 311 g/mol. The van der Waals surface area contributed by atoms with Gasteiger partial charge in [-0.25, -0.2) is 9.37 Å². The van der Waals surface area contributed by atoms with Crippen LogP contribution in [0.5, 0.6) is 0 Å². The largest absolute Gasteiger partial charge is 0.340 e. The fraction of sp³-hybridized carbons (Fsp3) is 0.0769. The highest BCUT2D eigenvalue weighted by atomic mass is 35.5. The molecule has 1 aromatic carbocycles. The van der Waals surface area contributed by atoms with Gasteiger partial charge in [-0.2, -0.15) is 9.61 Å². The predicted octanol–water partition coefficient (Wildman–Crippen LogP) is 4.23. The van der Waals surface area contributed by atoms with Crippen LogP contribution in [0.2, 0.25) is 10.2 Å². The molecule has 0 atom stereocenters. The van der Waals surface area contributed by atoms with Gasteiger partial charge in [-0.15, -0.1) is 0 Å². The number of rotatable bonds is 2. The molecule has 0 bridgehead atoms. The van der Waals surface area contributed by atoms with E-state index in [1.807, 2.05) is 6.92 Å². The number of halogens is 3. The minimum absolute atomic E-state index is 0.0458. The highest BCUT2D eigenvalue weighted by Crippen LogP contribution is 2.27. The summed E-state index contributed by atoms with van der Waals surface area (Å²) in [7, 11) is 0. The summed E-state index contributed by atoms with van der Waals surface area (Å²) < 4.78 is 14.8. The van der Waals surface area contributed by atoms with E-state index in [1.54, 1.807) is 22.8 Å². The molecular weight excluding hydrogens is 302 g/mol. The molecule has 0 saturated heterocycles. The third-order valence-corrected chi connectivity index (χ3v) is 3.55. The summed E-state index contributed by atoms with van der Waals surface area (Å²) >= 11 is 11.9. The first-order valence-corrected chi connectivity index (χ1v) is 6.54. The molecule has 102 valence electrons. The molecule has 0 aliphatic heterocycles. The van der Waals surface area contributed by atoms with Crippen molar-refractivity contribution in [3.05, 3.63) is 52.0 Å².